The standard InChI is InChI=1S/C26H29ClN6O2/c1-15-13-33(14-16(2)35-15)7-6-18-8-22(17(3)28-11-18)31-26-29-12-19-9-24(34)30-23-10-20(27)4-5-21(23)25(19)32-26/h4-5,8,10-12,15-16H,6-7,9,13-14H2,1-3H3,(H,30,34)(H,29,31,32)/t15-,16+. The number of aromatic nitrogens is 3. The second-order valence-corrected chi connectivity index (χ2v) is 9.79. The average Bonchev–Trinajstić information content (AvgIpc) is 2.93. The molecule has 0 radical (unpaired) electrons. The minimum Gasteiger partial charge on any atom is -0.373 e. The highest BCUT2D eigenvalue weighted by Gasteiger charge is 2.23. The molecule has 1 amide bonds. The molecule has 0 saturated carbocycles. The summed E-state index contributed by atoms with van der Waals surface area (Å²) in [6.07, 6.45) is 5.25. The van der Waals surface area contributed by atoms with Crippen LogP contribution in [-0.4, -0.2) is 57.6 Å². The maximum absolute atomic E-state index is 12.3. The quantitative estimate of drug-likeness (QED) is 0.545. The lowest BCUT2D eigenvalue weighted by atomic mass is 10.1. The molecule has 2 aromatic heterocycles. The number of halogens is 1. The van der Waals surface area contributed by atoms with E-state index < -0.39 is 0 Å². The van der Waals surface area contributed by atoms with Crippen molar-refractivity contribution in [1.82, 2.24) is 19.9 Å². The first-order valence-corrected chi connectivity index (χ1v) is 12.3. The van der Waals surface area contributed by atoms with Crippen LogP contribution in [0.5, 0.6) is 0 Å². The third kappa shape index (κ3) is 5.45. The third-order valence-electron chi connectivity index (χ3n) is 6.33. The zero-order valence-electron chi connectivity index (χ0n) is 20.1. The van der Waals surface area contributed by atoms with Gasteiger partial charge in [0, 0.05) is 48.2 Å². The number of fused-ring (bicyclic) bond motifs is 3. The Morgan fingerprint density at radius 3 is 2.77 bits per heavy atom. The Bertz CT molecular complexity index is 1260. The van der Waals surface area contributed by atoms with Gasteiger partial charge < -0.3 is 15.4 Å². The van der Waals surface area contributed by atoms with Gasteiger partial charge in [-0.3, -0.25) is 14.7 Å². The van der Waals surface area contributed by atoms with Gasteiger partial charge in [0.2, 0.25) is 11.9 Å². The second kappa shape index (κ2) is 9.89. The first-order valence-electron chi connectivity index (χ1n) is 11.9. The maximum atomic E-state index is 12.3. The number of morpholine rings is 1. The van der Waals surface area contributed by atoms with Crippen LogP contribution < -0.4 is 10.6 Å². The van der Waals surface area contributed by atoms with Gasteiger partial charge in [-0.25, -0.2) is 9.97 Å². The number of nitrogens with one attached hydrogen (secondary N) is 2. The molecule has 4 heterocycles. The maximum Gasteiger partial charge on any atom is 0.228 e. The Balaban J connectivity index is 1.36. The lowest BCUT2D eigenvalue weighted by molar-refractivity contribution is -0.115. The van der Waals surface area contributed by atoms with Crippen molar-refractivity contribution >= 4 is 34.8 Å². The smallest absolute Gasteiger partial charge is 0.228 e. The van der Waals surface area contributed by atoms with E-state index in [1.165, 1.54) is 0 Å². The van der Waals surface area contributed by atoms with Crippen molar-refractivity contribution in [2.24, 2.45) is 0 Å². The largest absolute Gasteiger partial charge is 0.373 e. The van der Waals surface area contributed by atoms with Crippen molar-refractivity contribution in [3.05, 3.63) is 58.5 Å². The average molecular weight is 493 g/mol. The number of amides is 1. The molecule has 2 atom stereocenters. The number of hydrogen-bond acceptors (Lipinski definition) is 7. The fraction of sp³-hybridized carbons (Fsp3) is 0.385. The summed E-state index contributed by atoms with van der Waals surface area (Å²) in [5, 5.41) is 6.80. The molecule has 2 N–H and O–H groups in total. The first-order chi connectivity index (χ1) is 16.8. The van der Waals surface area contributed by atoms with Crippen molar-refractivity contribution in [3.8, 4) is 11.3 Å². The molecule has 35 heavy (non-hydrogen) atoms. The molecule has 0 bridgehead atoms. The van der Waals surface area contributed by atoms with Crippen LogP contribution in [0.4, 0.5) is 17.3 Å². The van der Waals surface area contributed by atoms with Gasteiger partial charge in [0.25, 0.3) is 0 Å². The van der Waals surface area contributed by atoms with E-state index >= 15 is 0 Å². The first kappa shape index (κ1) is 23.7. The summed E-state index contributed by atoms with van der Waals surface area (Å²) >= 11 is 6.15. The number of ether oxygens (including phenoxy) is 1. The molecule has 1 aromatic carbocycles. The van der Waals surface area contributed by atoms with E-state index in [9.17, 15) is 4.79 Å². The van der Waals surface area contributed by atoms with Gasteiger partial charge in [-0.2, -0.15) is 0 Å². The van der Waals surface area contributed by atoms with E-state index in [1.54, 1.807) is 18.3 Å². The molecule has 1 saturated heterocycles. The molecule has 182 valence electrons. The number of carbonyl (C=O) groups is 1. The van der Waals surface area contributed by atoms with Gasteiger partial charge in [-0.1, -0.05) is 11.6 Å². The summed E-state index contributed by atoms with van der Waals surface area (Å²) in [5.74, 6) is 0.338. The number of carbonyl (C=O) groups excluding carboxylic acids is 1. The van der Waals surface area contributed by atoms with E-state index in [2.05, 4.69) is 45.4 Å². The minimum absolute atomic E-state index is 0.117. The van der Waals surface area contributed by atoms with Crippen molar-refractivity contribution in [2.75, 3.05) is 30.3 Å². The highest BCUT2D eigenvalue weighted by atomic mass is 35.5. The Morgan fingerprint density at radius 2 is 1.97 bits per heavy atom. The highest BCUT2D eigenvalue weighted by molar-refractivity contribution is 6.31. The van der Waals surface area contributed by atoms with Gasteiger partial charge in [0.1, 0.15) is 0 Å². The molecule has 2 aliphatic heterocycles. The molecule has 0 spiro atoms. The van der Waals surface area contributed by atoms with Gasteiger partial charge in [0.15, 0.2) is 0 Å². The van der Waals surface area contributed by atoms with Gasteiger partial charge in [-0.05, 0) is 57.0 Å². The summed E-state index contributed by atoms with van der Waals surface area (Å²) in [7, 11) is 0. The molecule has 8 nitrogen and oxygen atoms in total. The van der Waals surface area contributed by atoms with E-state index in [1.807, 2.05) is 19.2 Å². The summed E-state index contributed by atoms with van der Waals surface area (Å²) < 4.78 is 5.84. The summed E-state index contributed by atoms with van der Waals surface area (Å²) in [6, 6.07) is 7.53. The number of anilines is 3. The van der Waals surface area contributed by atoms with Crippen LogP contribution in [0.2, 0.25) is 5.02 Å². The predicted molar refractivity (Wildman–Crippen MR) is 137 cm³/mol. The van der Waals surface area contributed by atoms with Crippen LogP contribution in [0.1, 0.15) is 30.7 Å². The fourth-order valence-electron chi connectivity index (χ4n) is 4.74. The number of rotatable bonds is 5. The number of hydrogen-bond donors (Lipinski definition) is 2. The molecule has 3 aromatic rings. The number of nitrogens with zero attached hydrogens (tertiary/aromatic N) is 4. The Hall–Kier alpha value is -3.07. The second-order valence-electron chi connectivity index (χ2n) is 9.35. The lowest BCUT2D eigenvalue weighted by Gasteiger charge is -2.35. The predicted octanol–water partition coefficient (Wildman–Crippen LogP) is 4.39. The van der Waals surface area contributed by atoms with E-state index in [0.717, 1.165) is 54.1 Å². The lowest BCUT2D eigenvalue weighted by Crippen LogP contribution is -2.46. The summed E-state index contributed by atoms with van der Waals surface area (Å²) in [6.45, 7) is 9.05. The van der Waals surface area contributed by atoms with Crippen LogP contribution in [0, 0.1) is 6.92 Å². The van der Waals surface area contributed by atoms with E-state index in [-0.39, 0.29) is 24.5 Å². The number of pyridine rings is 1. The third-order valence-corrected chi connectivity index (χ3v) is 6.56. The molecular weight excluding hydrogens is 464 g/mol. The van der Waals surface area contributed by atoms with Gasteiger partial charge >= 0.3 is 0 Å². The normalized spacial score (nSPS) is 19.9. The topological polar surface area (TPSA) is 92.3 Å². The molecular formula is C26H29ClN6O2. The van der Waals surface area contributed by atoms with Crippen LogP contribution >= 0.6 is 11.6 Å². The molecule has 2 aliphatic rings. The van der Waals surface area contributed by atoms with Crippen LogP contribution in [-0.2, 0) is 22.4 Å². The zero-order chi connectivity index (χ0) is 24.5. The Labute approximate surface area is 210 Å². The molecule has 0 unspecified atom stereocenters. The van der Waals surface area contributed by atoms with Crippen LogP contribution in [0.25, 0.3) is 11.3 Å². The fourth-order valence-corrected chi connectivity index (χ4v) is 4.91. The molecule has 5 rings (SSSR count). The highest BCUT2D eigenvalue weighted by Crippen LogP contribution is 2.35. The number of aryl methyl sites for hydroxylation is 1. The summed E-state index contributed by atoms with van der Waals surface area (Å²) in [4.78, 5) is 28.6. The van der Waals surface area contributed by atoms with Crippen molar-refractivity contribution in [2.45, 2.75) is 45.8 Å². The molecule has 0 aliphatic carbocycles. The minimum atomic E-state index is -0.117. The van der Waals surface area contributed by atoms with Crippen LogP contribution in [0.15, 0.2) is 36.7 Å². The molecule has 1 fully saturated rings. The monoisotopic (exact) mass is 492 g/mol. The SMILES string of the molecule is Cc1ncc(CCN2C[C@@H](C)O[C@@H](C)C2)cc1Nc1ncc2c(n1)-c1ccc(Cl)cc1NC(=O)C2. The summed E-state index contributed by atoms with van der Waals surface area (Å²) in [5.41, 5.74) is 5.83. The van der Waals surface area contributed by atoms with E-state index in [4.69, 9.17) is 21.3 Å². The Morgan fingerprint density at radius 1 is 1.17 bits per heavy atom. The van der Waals surface area contributed by atoms with Crippen molar-refractivity contribution in [3.63, 3.8) is 0 Å². The van der Waals surface area contributed by atoms with Gasteiger partial charge in [-0.15, -0.1) is 0 Å². The van der Waals surface area contributed by atoms with Crippen LogP contribution in [0.3, 0.4) is 0 Å². The Kier molecular flexibility index (Phi) is 6.69. The zero-order valence-corrected chi connectivity index (χ0v) is 20.9. The van der Waals surface area contributed by atoms with Gasteiger partial charge in [0.05, 0.1) is 41.4 Å². The number of benzene rings is 1. The van der Waals surface area contributed by atoms with Crippen molar-refractivity contribution in [1.29, 1.82) is 0 Å². The van der Waals surface area contributed by atoms with Crippen molar-refractivity contribution < 1.29 is 9.53 Å². The molecule has 9 heteroatoms. The van der Waals surface area contributed by atoms with E-state index in [0.29, 0.717) is 22.4 Å².